The Morgan fingerprint density at radius 3 is 2.54 bits per heavy atom. The lowest BCUT2D eigenvalue weighted by Gasteiger charge is -2.10. The van der Waals surface area contributed by atoms with Gasteiger partial charge in [-0.1, -0.05) is 13.8 Å². The molecule has 28 heavy (non-hydrogen) atoms. The van der Waals surface area contributed by atoms with Crippen molar-refractivity contribution in [3.63, 3.8) is 0 Å². The smallest absolute Gasteiger partial charge is 0.350 e. The standard InChI is InChI=1S/C17H23F3N6O2/c1-10(2)8-21-16(28)15-12(9-22-25(15)4)23-14(27)5-6-26-11(3)7-13(24-26)17(18,19)20/h7,9-10H,5-6,8H2,1-4H3,(H,21,28)(H,23,27). The SMILES string of the molecule is Cc1cc(C(F)(F)F)nn1CCC(=O)Nc1cnn(C)c1C(=O)NCC(C)C. The summed E-state index contributed by atoms with van der Waals surface area (Å²) >= 11 is 0. The monoisotopic (exact) mass is 400 g/mol. The van der Waals surface area contributed by atoms with Crippen molar-refractivity contribution in [2.75, 3.05) is 11.9 Å². The molecule has 8 nitrogen and oxygen atoms in total. The number of aryl methyl sites for hydroxylation is 3. The van der Waals surface area contributed by atoms with Gasteiger partial charge in [-0.2, -0.15) is 23.4 Å². The third kappa shape index (κ3) is 5.33. The molecule has 2 amide bonds. The predicted octanol–water partition coefficient (Wildman–Crippen LogP) is 2.36. The van der Waals surface area contributed by atoms with Crippen LogP contribution in [0.3, 0.4) is 0 Å². The fourth-order valence-corrected chi connectivity index (χ4v) is 2.47. The summed E-state index contributed by atoms with van der Waals surface area (Å²) in [6.45, 7) is 5.83. The number of carbonyl (C=O) groups excluding carboxylic acids is 2. The Bertz CT molecular complexity index is 854. The molecular weight excluding hydrogens is 377 g/mol. The topological polar surface area (TPSA) is 93.8 Å². The fourth-order valence-electron chi connectivity index (χ4n) is 2.47. The average molecular weight is 400 g/mol. The lowest BCUT2D eigenvalue weighted by Crippen LogP contribution is -2.30. The molecule has 0 aliphatic heterocycles. The zero-order chi connectivity index (χ0) is 21.1. The van der Waals surface area contributed by atoms with Crippen LogP contribution in [0.15, 0.2) is 12.3 Å². The summed E-state index contributed by atoms with van der Waals surface area (Å²) in [6.07, 6.45) is -3.29. The number of alkyl halides is 3. The number of amides is 2. The highest BCUT2D eigenvalue weighted by Crippen LogP contribution is 2.28. The maximum atomic E-state index is 12.7. The fraction of sp³-hybridized carbons (Fsp3) is 0.529. The van der Waals surface area contributed by atoms with E-state index in [1.54, 1.807) is 7.05 Å². The van der Waals surface area contributed by atoms with E-state index < -0.39 is 17.8 Å². The number of nitrogens with one attached hydrogen (secondary N) is 2. The van der Waals surface area contributed by atoms with Crippen LogP contribution in [0.2, 0.25) is 0 Å². The van der Waals surface area contributed by atoms with Crippen LogP contribution < -0.4 is 10.6 Å². The maximum Gasteiger partial charge on any atom is 0.435 e. The highest BCUT2D eigenvalue weighted by molar-refractivity contribution is 6.02. The van der Waals surface area contributed by atoms with Crippen LogP contribution in [0.5, 0.6) is 0 Å². The molecule has 0 fully saturated rings. The molecule has 0 spiro atoms. The van der Waals surface area contributed by atoms with Gasteiger partial charge in [-0.05, 0) is 18.9 Å². The minimum Gasteiger partial charge on any atom is -0.350 e. The first kappa shape index (κ1) is 21.5. The Balaban J connectivity index is 2.01. The van der Waals surface area contributed by atoms with Gasteiger partial charge in [-0.3, -0.25) is 19.0 Å². The number of aromatic nitrogens is 4. The van der Waals surface area contributed by atoms with E-state index in [0.29, 0.717) is 12.2 Å². The van der Waals surface area contributed by atoms with Crippen LogP contribution in [0.25, 0.3) is 0 Å². The molecule has 154 valence electrons. The summed E-state index contributed by atoms with van der Waals surface area (Å²) in [5, 5.41) is 12.8. The summed E-state index contributed by atoms with van der Waals surface area (Å²) in [5.41, 5.74) is -0.261. The number of rotatable bonds is 7. The van der Waals surface area contributed by atoms with Crippen molar-refractivity contribution >= 4 is 17.5 Å². The molecule has 2 aromatic rings. The summed E-state index contributed by atoms with van der Waals surface area (Å²) in [6, 6.07) is 0.927. The minimum absolute atomic E-state index is 0.0249. The van der Waals surface area contributed by atoms with E-state index in [-0.39, 0.29) is 36.2 Å². The van der Waals surface area contributed by atoms with E-state index >= 15 is 0 Å². The quantitative estimate of drug-likeness (QED) is 0.746. The summed E-state index contributed by atoms with van der Waals surface area (Å²) in [5.74, 6) is -0.578. The van der Waals surface area contributed by atoms with Crippen LogP contribution in [-0.2, 0) is 24.6 Å². The molecule has 2 heterocycles. The molecule has 0 radical (unpaired) electrons. The number of halogens is 3. The number of nitrogens with zero attached hydrogens (tertiary/aromatic N) is 4. The van der Waals surface area contributed by atoms with Gasteiger partial charge in [-0.15, -0.1) is 0 Å². The first-order chi connectivity index (χ1) is 13.0. The van der Waals surface area contributed by atoms with Crippen molar-refractivity contribution in [3.05, 3.63) is 29.3 Å². The Hall–Kier alpha value is -2.85. The molecule has 2 rings (SSSR count). The molecule has 0 saturated heterocycles. The van der Waals surface area contributed by atoms with E-state index in [1.807, 2.05) is 13.8 Å². The van der Waals surface area contributed by atoms with Gasteiger partial charge in [0.15, 0.2) is 5.69 Å². The molecule has 11 heteroatoms. The highest BCUT2D eigenvalue weighted by Gasteiger charge is 2.34. The van der Waals surface area contributed by atoms with Crippen molar-refractivity contribution in [1.29, 1.82) is 0 Å². The predicted molar refractivity (Wildman–Crippen MR) is 95.6 cm³/mol. The van der Waals surface area contributed by atoms with Gasteiger partial charge in [0.2, 0.25) is 5.91 Å². The molecule has 0 aliphatic rings. The zero-order valence-corrected chi connectivity index (χ0v) is 16.1. The lowest BCUT2D eigenvalue weighted by molar-refractivity contribution is -0.141. The second kappa shape index (κ2) is 8.44. The van der Waals surface area contributed by atoms with E-state index in [4.69, 9.17) is 0 Å². The first-order valence-corrected chi connectivity index (χ1v) is 8.70. The summed E-state index contributed by atoms with van der Waals surface area (Å²) in [7, 11) is 1.58. The third-order valence-corrected chi connectivity index (χ3v) is 3.92. The van der Waals surface area contributed by atoms with Crippen molar-refractivity contribution in [2.45, 2.75) is 39.9 Å². The minimum atomic E-state index is -4.54. The van der Waals surface area contributed by atoms with Gasteiger partial charge < -0.3 is 10.6 Å². The molecule has 0 unspecified atom stereocenters. The maximum absolute atomic E-state index is 12.7. The number of carbonyl (C=O) groups is 2. The molecule has 2 aromatic heterocycles. The normalized spacial score (nSPS) is 11.7. The second-order valence-corrected chi connectivity index (χ2v) is 6.82. The van der Waals surface area contributed by atoms with Gasteiger partial charge in [0, 0.05) is 32.3 Å². The van der Waals surface area contributed by atoms with Gasteiger partial charge in [0.05, 0.1) is 11.9 Å². The first-order valence-electron chi connectivity index (χ1n) is 8.70. The van der Waals surface area contributed by atoms with Gasteiger partial charge in [0.1, 0.15) is 5.69 Å². The van der Waals surface area contributed by atoms with Crippen molar-refractivity contribution in [3.8, 4) is 0 Å². The van der Waals surface area contributed by atoms with Crippen LogP contribution >= 0.6 is 0 Å². The van der Waals surface area contributed by atoms with Crippen LogP contribution in [0.1, 0.15) is 42.1 Å². The van der Waals surface area contributed by atoms with Gasteiger partial charge >= 0.3 is 6.18 Å². The molecular formula is C17H23F3N6O2. The second-order valence-electron chi connectivity index (χ2n) is 6.82. The van der Waals surface area contributed by atoms with Crippen LogP contribution in [0.4, 0.5) is 18.9 Å². The highest BCUT2D eigenvalue weighted by atomic mass is 19.4. The van der Waals surface area contributed by atoms with Crippen LogP contribution in [0, 0.1) is 12.8 Å². The Morgan fingerprint density at radius 1 is 1.29 bits per heavy atom. The largest absolute Gasteiger partial charge is 0.435 e. The number of hydrogen-bond donors (Lipinski definition) is 2. The van der Waals surface area contributed by atoms with Crippen molar-refractivity contribution < 1.29 is 22.8 Å². The van der Waals surface area contributed by atoms with E-state index in [0.717, 1.165) is 10.7 Å². The summed E-state index contributed by atoms with van der Waals surface area (Å²) < 4.78 is 40.6. The van der Waals surface area contributed by atoms with E-state index in [1.165, 1.54) is 17.8 Å². The molecule has 0 aliphatic carbocycles. The van der Waals surface area contributed by atoms with Gasteiger partial charge in [0.25, 0.3) is 5.91 Å². The number of hydrogen-bond acceptors (Lipinski definition) is 4. The Labute approximate surface area is 160 Å². The van der Waals surface area contributed by atoms with E-state index in [2.05, 4.69) is 20.8 Å². The zero-order valence-electron chi connectivity index (χ0n) is 16.1. The van der Waals surface area contributed by atoms with Crippen LogP contribution in [-0.4, -0.2) is 37.9 Å². The van der Waals surface area contributed by atoms with Crippen molar-refractivity contribution in [2.24, 2.45) is 13.0 Å². The molecule has 0 atom stereocenters. The van der Waals surface area contributed by atoms with E-state index in [9.17, 15) is 22.8 Å². The molecule has 0 aromatic carbocycles. The summed E-state index contributed by atoms with van der Waals surface area (Å²) in [4.78, 5) is 24.5. The average Bonchev–Trinajstić information content (AvgIpc) is 3.13. The third-order valence-electron chi connectivity index (χ3n) is 3.92. The number of anilines is 1. The molecule has 0 bridgehead atoms. The lowest BCUT2D eigenvalue weighted by atomic mass is 10.2. The molecule has 2 N–H and O–H groups in total. The Kier molecular flexibility index (Phi) is 6.47. The van der Waals surface area contributed by atoms with Gasteiger partial charge in [-0.25, -0.2) is 0 Å². The molecule has 0 saturated carbocycles. The Morgan fingerprint density at radius 2 is 1.96 bits per heavy atom. The van der Waals surface area contributed by atoms with Crippen molar-refractivity contribution in [1.82, 2.24) is 24.9 Å².